The highest BCUT2D eigenvalue weighted by Crippen LogP contribution is 2.33. The standard InChI is InChI=1S/C20H24Cl4N2O2S2/c21-9-13-25(14-10-22)17-1-5-19(6-2-17)29-30(27,28)20-7-3-18(4-8-20)26(15-11-23)16-12-24/h1-8H,9-16H2. The summed E-state index contributed by atoms with van der Waals surface area (Å²) in [6.07, 6.45) is 0. The number of alkyl halides is 4. The Balaban J connectivity index is 2.12. The molecule has 0 spiro atoms. The van der Waals surface area contributed by atoms with Crippen molar-refractivity contribution in [2.45, 2.75) is 9.79 Å². The Morgan fingerprint density at radius 1 is 0.633 bits per heavy atom. The largest absolute Gasteiger partial charge is 0.369 e. The van der Waals surface area contributed by atoms with Crippen LogP contribution in [0.1, 0.15) is 0 Å². The van der Waals surface area contributed by atoms with Gasteiger partial charge >= 0.3 is 0 Å². The van der Waals surface area contributed by atoms with Gasteiger partial charge in [0.25, 0.3) is 0 Å². The van der Waals surface area contributed by atoms with E-state index in [4.69, 9.17) is 46.4 Å². The lowest BCUT2D eigenvalue weighted by Crippen LogP contribution is -2.27. The first-order chi connectivity index (χ1) is 14.4. The first kappa shape index (κ1) is 25.8. The van der Waals surface area contributed by atoms with Crippen molar-refractivity contribution in [1.82, 2.24) is 0 Å². The molecule has 0 aliphatic carbocycles. The van der Waals surface area contributed by atoms with Crippen molar-refractivity contribution in [2.75, 3.05) is 59.5 Å². The van der Waals surface area contributed by atoms with Gasteiger partial charge in [0.15, 0.2) is 0 Å². The van der Waals surface area contributed by atoms with E-state index in [1.54, 1.807) is 36.4 Å². The predicted octanol–water partition coefficient (Wildman–Crippen LogP) is 5.74. The van der Waals surface area contributed by atoms with Crippen LogP contribution in [0.25, 0.3) is 0 Å². The van der Waals surface area contributed by atoms with Crippen molar-refractivity contribution < 1.29 is 8.42 Å². The van der Waals surface area contributed by atoms with E-state index in [-0.39, 0.29) is 4.90 Å². The van der Waals surface area contributed by atoms with Crippen LogP contribution < -0.4 is 9.80 Å². The number of hydrogen-bond acceptors (Lipinski definition) is 5. The molecular formula is C20H24Cl4N2O2S2. The van der Waals surface area contributed by atoms with Gasteiger partial charge < -0.3 is 9.80 Å². The van der Waals surface area contributed by atoms with Gasteiger partial charge in [0, 0.05) is 76.8 Å². The SMILES string of the molecule is O=S(=O)(Sc1ccc(N(CCCl)CCCl)cc1)c1ccc(N(CCCl)CCCl)cc1. The van der Waals surface area contributed by atoms with Crippen LogP contribution in [0.3, 0.4) is 0 Å². The normalized spacial score (nSPS) is 11.5. The van der Waals surface area contributed by atoms with Crippen LogP contribution in [-0.2, 0) is 8.87 Å². The molecule has 2 aromatic rings. The van der Waals surface area contributed by atoms with Gasteiger partial charge in [0.2, 0.25) is 8.87 Å². The molecule has 2 rings (SSSR count). The molecule has 30 heavy (non-hydrogen) atoms. The summed E-state index contributed by atoms with van der Waals surface area (Å²) in [6.45, 7) is 2.64. The van der Waals surface area contributed by atoms with E-state index < -0.39 is 8.87 Å². The Morgan fingerprint density at radius 2 is 1.00 bits per heavy atom. The van der Waals surface area contributed by atoms with E-state index >= 15 is 0 Å². The number of hydrogen-bond donors (Lipinski definition) is 0. The maximum Gasteiger partial charge on any atom is 0.234 e. The van der Waals surface area contributed by atoms with E-state index in [9.17, 15) is 8.42 Å². The summed E-state index contributed by atoms with van der Waals surface area (Å²) in [7, 11) is -2.72. The van der Waals surface area contributed by atoms with Crippen LogP contribution in [0.15, 0.2) is 58.3 Å². The van der Waals surface area contributed by atoms with E-state index in [1.807, 2.05) is 17.0 Å². The number of nitrogens with zero attached hydrogens (tertiary/aromatic N) is 2. The minimum absolute atomic E-state index is 0.253. The lowest BCUT2D eigenvalue weighted by atomic mass is 10.3. The van der Waals surface area contributed by atoms with Gasteiger partial charge in [-0.15, -0.1) is 46.4 Å². The maximum absolute atomic E-state index is 12.8. The molecule has 4 nitrogen and oxygen atoms in total. The lowest BCUT2D eigenvalue weighted by molar-refractivity contribution is 0.610. The Labute approximate surface area is 202 Å². The van der Waals surface area contributed by atoms with Crippen LogP contribution in [0.2, 0.25) is 0 Å². The Morgan fingerprint density at radius 3 is 1.37 bits per heavy atom. The third-order valence-corrected chi connectivity index (χ3v) is 8.34. The van der Waals surface area contributed by atoms with E-state index in [1.165, 1.54) is 0 Å². The number of halogens is 4. The fourth-order valence-electron chi connectivity index (χ4n) is 2.86. The minimum atomic E-state index is -3.54. The molecule has 0 atom stereocenters. The molecule has 0 heterocycles. The third-order valence-electron chi connectivity index (χ3n) is 4.32. The monoisotopic (exact) mass is 528 g/mol. The number of rotatable bonds is 13. The van der Waals surface area contributed by atoms with Crippen molar-refractivity contribution in [3.05, 3.63) is 48.5 Å². The van der Waals surface area contributed by atoms with Gasteiger partial charge in [-0.3, -0.25) is 0 Å². The first-order valence-electron chi connectivity index (χ1n) is 9.33. The second kappa shape index (κ2) is 13.1. The van der Waals surface area contributed by atoms with Crippen LogP contribution >= 0.6 is 57.2 Å². The van der Waals surface area contributed by atoms with Crippen molar-refractivity contribution in [3.63, 3.8) is 0 Å². The molecule has 0 aliphatic heterocycles. The highest BCUT2D eigenvalue weighted by molar-refractivity contribution is 8.72. The molecule has 0 unspecified atom stereocenters. The predicted molar refractivity (Wildman–Crippen MR) is 133 cm³/mol. The second-order valence-electron chi connectivity index (χ2n) is 6.26. The molecule has 2 aromatic carbocycles. The lowest BCUT2D eigenvalue weighted by Gasteiger charge is -2.23. The van der Waals surface area contributed by atoms with Gasteiger partial charge in [-0.25, -0.2) is 8.42 Å². The van der Waals surface area contributed by atoms with Gasteiger partial charge in [-0.1, -0.05) is 0 Å². The molecule has 0 amide bonds. The highest BCUT2D eigenvalue weighted by atomic mass is 35.5. The van der Waals surface area contributed by atoms with E-state index in [0.717, 1.165) is 22.2 Å². The van der Waals surface area contributed by atoms with Crippen LogP contribution in [-0.4, -0.2) is 58.1 Å². The average Bonchev–Trinajstić information content (AvgIpc) is 2.74. The fourth-order valence-corrected chi connectivity index (χ4v) is 6.46. The van der Waals surface area contributed by atoms with Gasteiger partial charge in [0.05, 0.1) is 4.90 Å². The number of anilines is 2. The summed E-state index contributed by atoms with van der Waals surface area (Å²) in [5, 5.41) is 0. The Kier molecular flexibility index (Phi) is 11.3. The molecule has 0 radical (unpaired) electrons. The van der Waals surface area contributed by atoms with Crippen molar-refractivity contribution in [1.29, 1.82) is 0 Å². The summed E-state index contributed by atoms with van der Waals surface area (Å²) in [6, 6.07) is 14.2. The molecule has 10 heteroatoms. The van der Waals surface area contributed by atoms with Gasteiger partial charge in [-0.2, -0.15) is 0 Å². The third kappa shape index (κ3) is 7.57. The minimum Gasteiger partial charge on any atom is -0.369 e. The molecule has 0 saturated carbocycles. The van der Waals surface area contributed by atoms with Gasteiger partial charge in [0.1, 0.15) is 0 Å². The zero-order valence-corrected chi connectivity index (χ0v) is 21.0. The van der Waals surface area contributed by atoms with Crippen molar-refractivity contribution >= 4 is 77.4 Å². The summed E-state index contributed by atoms with van der Waals surface area (Å²) in [5.41, 5.74) is 1.85. The molecule has 166 valence electrons. The summed E-state index contributed by atoms with van der Waals surface area (Å²) < 4.78 is 25.6. The Hall–Kier alpha value is -0.500. The van der Waals surface area contributed by atoms with E-state index in [2.05, 4.69) is 4.90 Å². The molecule has 0 bridgehead atoms. The number of benzene rings is 2. The molecule has 0 aliphatic rings. The Bertz CT molecular complexity index is 853. The zero-order chi connectivity index (χ0) is 22.0. The quantitative estimate of drug-likeness (QED) is 0.244. The molecular weight excluding hydrogens is 506 g/mol. The smallest absolute Gasteiger partial charge is 0.234 e. The summed E-state index contributed by atoms with van der Waals surface area (Å²) in [4.78, 5) is 4.98. The first-order valence-corrected chi connectivity index (χ1v) is 14.3. The molecule has 0 N–H and O–H groups in total. The van der Waals surface area contributed by atoms with Gasteiger partial charge in [-0.05, 0) is 48.5 Å². The fraction of sp³-hybridized carbons (Fsp3) is 0.400. The molecule has 0 saturated heterocycles. The summed E-state index contributed by atoms with van der Waals surface area (Å²) in [5.74, 6) is 1.92. The topological polar surface area (TPSA) is 40.6 Å². The second-order valence-corrected chi connectivity index (χ2v) is 11.6. The summed E-state index contributed by atoms with van der Waals surface area (Å²) >= 11 is 23.4. The van der Waals surface area contributed by atoms with Crippen molar-refractivity contribution in [3.8, 4) is 0 Å². The van der Waals surface area contributed by atoms with E-state index in [0.29, 0.717) is 54.6 Å². The van der Waals surface area contributed by atoms with Crippen molar-refractivity contribution in [2.24, 2.45) is 0 Å². The average molecular weight is 530 g/mol. The van der Waals surface area contributed by atoms with Crippen LogP contribution in [0.5, 0.6) is 0 Å². The van der Waals surface area contributed by atoms with Crippen LogP contribution in [0, 0.1) is 0 Å². The molecule has 0 fully saturated rings. The highest BCUT2D eigenvalue weighted by Gasteiger charge is 2.18. The van der Waals surface area contributed by atoms with Crippen LogP contribution in [0.4, 0.5) is 11.4 Å². The maximum atomic E-state index is 12.8. The molecule has 0 aromatic heterocycles. The zero-order valence-electron chi connectivity index (χ0n) is 16.3.